The molecule has 2 amide bonds. The van der Waals surface area contributed by atoms with Gasteiger partial charge in [0, 0.05) is 35.4 Å². The first-order valence-corrected chi connectivity index (χ1v) is 10.3. The van der Waals surface area contributed by atoms with Crippen LogP contribution in [0.3, 0.4) is 0 Å². The zero-order valence-electron chi connectivity index (χ0n) is 17.1. The summed E-state index contributed by atoms with van der Waals surface area (Å²) in [6.45, 7) is 5.06. The van der Waals surface area contributed by atoms with Crippen molar-refractivity contribution in [2.45, 2.75) is 20.3 Å². The summed E-state index contributed by atoms with van der Waals surface area (Å²) >= 11 is 6.02. The molecule has 156 valence electrons. The van der Waals surface area contributed by atoms with E-state index >= 15 is 0 Å². The number of carbonyl (C=O) groups excluding carboxylic acids is 2. The molecule has 1 heterocycles. The van der Waals surface area contributed by atoms with Gasteiger partial charge in [-0.15, -0.1) is 0 Å². The van der Waals surface area contributed by atoms with Gasteiger partial charge < -0.3 is 10.2 Å². The van der Waals surface area contributed by atoms with Gasteiger partial charge in [0.1, 0.15) is 0 Å². The topological polar surface area (TPSA) is 67.2 Å². The zero-order chi connectivity index (χ0) is 21.5. The number of amides is 2. The summed E-state index contributed by atoms with van der Waals surface area (Å²) in [6, 6.07) is 17.1. The fraction of sp³-hybridized carbons (Fsp3) is 0.261. The van der Waals surface area contributed by atoms with Crippen molar-refractivity contribution < 1.29 is 9.59 Å². The molecule has 30 heavy (non-hydrogen) atoms. The normalized spacial score (nSPS) is 10.6. The smallest absolute Gasteiger partial charge is 0.241 e. The summed E-state index contributed by atoms with van der Waals surface area (Å²) in [5.74, 6) is -0.315. The van der Waals surface area contributed by atoms with Crippen LogP contribution in [0.1, 0.15) is 19.4 Å². The highest BCUT2D eigenvalue weighted by molar-refractivity contribution is 6.30. The number of hydrogen-bond donors (Lipinski definition) is 1. The van der Waals surface area contributed by atoms with Gasteiger partial charge in [0.05, 0.1) is 24.3 Å². The van der Waals surface area contributed by atoms with E-state index in [1.807, 2.05) is 62.5 Å². The standard InChI is InChI=1S/C23H25ClN4O2/c1-3-27(4-2)22(30)15-25-21(29)14-18-16-28(20-8-6-5-7-9-20)26-23(18)17-10-12-19(24)13-11-17/h5-13,16H,3-4,14-15H2,1-2H3,(H,25,29). The van der Waals surface area contributed by atoms with Crippen molar-refractivity contribution in [1.82, 2.24) is 20.0 Å². The third kappa shape index (κ3) is 5.27. The first-order valence-electron chi connectivity index (χ1n) is 9.96. The van der Waals surface area contributed by atoms with Gasteiger partial charge in [-0.1, -0.05) is 41.9 Å². The van der Waals surface area contributed by atoms with E-state index in [9.17, 15) is 9.59 Å². The van der Waals surface area contributed by atoms with Crippen molar-refractivity contribution in [3.05, 3.63) is 71.4 Å². The van der Waals surface area contributed by atoms with Crippen LogP contribution in [0, 0.1) is 0 Å². The molecule has 0 unspecified atom stereocenters. The van der Waals surface area contributed by atoms with Crippen LogP contribution in [0.25, 0.3) is 16.9 Å². The Labute approximate surface area is 181 Å². The number of benzene rings is 2. The van der Waals surface area contributed by atoms with E-state index in [0.29, 0.717) is 23.8 Å². The Balaban J connectivity index is 1.82. The number of halogens is 1. The van der Waals surface area contributed by atoms with Crippen molar-refractivity contribution in [2.24, 2.45) is 0 Å². The van der Waals surface area contributed by atoms with Gasteiger partial charge in [0.25, 0.3) is 0 Å². The van der Waals surface area contributed by atoms with E-state index in [0.717, 1.165) is 16.8 Å². The molecule has 3 rings (SSSR count). The molecular formula is C23H25ClN4O2. The average molecular weight is 425 g/mol. The summed E-state index contributed by atoms with van der Waals surface area (Å²) in [5.41, 5.74) is 3.25. The number of hydrogen-bond acceptors (Lipinski definition) is 3. The predicted molar refractivity (Wildman–Crippen MR) is 119 cm³/mol. The van der Waals surface area contributed by atoms with Crippen molar-refractivity contribution in [3.63, 3.8) is 0 Å². The number of carbonyl (C=O) groups is 2. The molecule has 2 aromatic carbocycles. The highest BCUT2D eigenvalue weighted by atomic mass is 35.5. The van der Waals surface area contributed by atoms with E-state index in [1.165, 1.54) is 0 Å². The van der Waals surface area contributed by atoms with Crippen LogP contribution in [0.4, 0.5) is 0 Å². The summed E-state index contributed by atoms with van der Waals surface area (Å²) in [7, 11) is 0. The number of para-hydroxylation sites is 1. The van der Waals surface area contributed by atoms with Crippen molar-refractivity contribution in [1.29, 1.82) is 0 Å². The molecule has 0 saturated carbocycles. The van der Waals surface area contributed by atoms with Gasteiger partial charge in [-0.3, -0.25) is 9.59 Å². The second-order valence-corrected chi connectivity index (χ2v) is 7.25. The van der Waals surface area contributed by atoms with Crippen LogP contribution in [0.5, 0.6) is 0 Å². The number of aromatic nitrogens is 2. The highest BCUT2D eigenvalue weighted by Crippen LogP contribution is 2.25. The molecule has 0 atom stereocenters. The van der Waals surface area contributed by atoms with Crippen LogP contribution in [-0.4, -0.2) is 46.1 Å². The minimum Gasteiger partial charge on any atom is -0.347 e. The van der Waals surface area contributed by atoms with Gasteiger partial charge in [-0.05, 0) is 38.1 Å². The van der Waals surface area contributed by atoms with Crippen molar-refractivity contribution in [3.8, 4) is 16.9 Å². The molecule has 0 aliphatic rings. The molecular weight excluding hydrogens is 400 g/mol. The maximum Gasteiger partial charge on any atom is 0.241 e. The largest absolute Gasteiger partial charge is 0.347 e. The van der Waals surface area contributed by atoms with E-state index in [4.69, 9.17) is 16.7 Å². The molecule has 0 radical (unpaired) electrons. The molecule has 0 fully saturated rings. The monoisotopic (exact) mass is 424 g/mol. The third-order valence-electron chi connectivity index (χ3n) is 4.83. The summed E-state index contributed by atoms with van der Waals surface area (Å²) in [6.07, 6.45) is 1.97. The highest BCUT2D eigenvalue weighted by Gasteiger charge is 2.17. The molecule has 7 heteroatoms. The Morgan fingerprint density at radius 2 is 1.70 bits per heavy atom. The lowest BCUT2D eigenvalue weighted by Crippen LogP contribution is -2.40. The SMILES string of the molecule is CCN(CC)C(=O)CNC(=O)Cc1cn(-c2ccccc2)nc1-c1ccc(Cl)cc1. The molecule has 1 aromatic heterocycles. The second kappa shape index (κ2) is 10.1. The average Bonchev–Trinajstić information content (AvgIpc) is 3.18. The first-order chi connectivity index (χ1) is 14.5. The third-order valence-corrected chi connectivity index (χ3v) is 5.08. The van der Waals surface area contributed by atoms with Gasteiger partial charge in [0.15, 0.2) is 0 Å². The molecule has 0 aliphatic carbocycles. The van der Waals surface area contributed by atoms with Crippen LogP contribution >= 0.6 is 11.6 Å². The van der Waals surface area contributed by atoms with Gasteiger partial charge in [0.2, 0.25) is 11.8 Å². The van der Waals surface area contributed by atoms with Gasteiger partial charge in [-0.25, -0.2) is 4.68 Å². The van der Waals surface area contributed by atoms with E-state index in [1.54, 1.807) is 21.7 Å². The molecule has 0 aliphatic heterocycles. The van der Waals surface area contributed by atoms with Crippen LogP contribution in [0.2, 0.25) is 5.02 Å². The number of nitrogens with zero attached hydrogens (tertiary/aromatic N) is 3. The van der Waals surface area contributed by atoms with E-state index < -0.39 is 0 Å². The van der Waals surface area contributed by atoms with Gasteiger partial charge in [-0.2, -0.15) is 5.10 Å². The molecule has 6 nitrogen and oxygen atoms in total. The lowest BCUT2D eigenvalue weighted by molar-refractivity contribution is -0.132. The fourth-order valence-corrected chi connectivity index (χ4v) is 3.33. The Kier molecular flexibility index (Phi) is 7.25. The van der Waals surface area contributed by atoms with E-state index in [-0.39, 0.29) is 24.8 Å². The maximum atomic E-state index is 12.6. The second-order valence-electron chi connectivity index (χ2n) is 6.81. The minimum atomic E-state index is -0.224. The maximum absolute atomic E-state index is 12.6. The summed E-state index contributed by atoms with van der Waals surface area (Å²) in [5, 5.41) is 8.07. The molecule has 0 bridgehead atoms. The van der Waals surface area contributed by atoms with E-state index in [2.05, 4.69) is 5.32 Å². The first kappa shape index (κ1) is 21.6. The quantitative estimate of drug-likeness (QED) is 0.599. The lowest BCUT2D eigenvalue weighted by atomic mass is 10.1. The molecule has 1 N–H and O–H groups in total. The summed E-state index contributed by atoms with van der Waals surface area (Å²) < 4.78 is 1.76. The Bertz CT molecular complexity index is 996. The van der Waals surface area contributed by atoms with Crippen molar-refractivity contribution in [2.75, 3.05) is 19.6 Å². The fourth-order valence-electron chi connectivity index (χ4n) is 3.20. The summed E-state index contributed by atoms with van der Waals surface area (Å²) in [4.78, 5) is 26.4. The van der Waals surface area contributed by atoms with Crippen LogP contribution in [0.15, 0.2) is 60.8 Å². The molecule has 3 aromatic rings. The Morgan fingerprint density at radius 1 is 1.03 bits per heavy atom. The van der Waals surface area contributed by atoms with Crippen LogP contribution < -0.4 is 5.32 Å². The number of nitrogens with one attached hydrogen (secondary N) is 1. The molecule has 0 saturated heterocycles. The minimum absolute atomic E-state index is 0.0103. The zero-order valence-corrected chi connectivity index (χ0v) is 17.9. The van der Waals surface area contributed by atoms with Crippen LogP contribution in [-0.2, 0) is 16.0 Å². The van der Waals surface area contributed by atoms with Crippen molar-refractivity contribution >= 4 is 23.4 Å². The number of likely N-dealkylation sites (N-methyl/N-ethyl adjacent to an activating group) is 1. The van der Waals surface area contributed by atoms with Gasteiger partial charge >= 0.3 is 0 Å². The molecule has 0 spiro atoms. The Morgan fingerprint density at radius 3 is 2.33 bits per heavy atom. The Hall–Kier alpha value is -3.12. The number of rotatable bonds is 8. The lowest BCUT2D eigenvalue weighted by Gasteiger charge is -2.18. The predicted octanol–water partition coefficient (Wildman–Crippen LogP) is 3.72.